The maximum absolute atomic E-state index is 13.7. The fourth-order valence-corrected chi connectivity index (χ4v) is 2.26. The van der Waals surface area contributed by atoms with E-state index in [1.165, 1.54) is 12.1 Å². The smallest absolute Gasteiger partial charge is 0.319 e. The second-order valence-corrected chi connectivity index (χ2v) is 5.51. The average Bonchev–Trinajstić information content (AvgIpc) is 3.26. The van der Waals surface area contributed by atoms with Crippen molar-refractivity contribution < 1.29 is 19.0 Å². The number of aliphatic hydroxyl groups is 1. The molecule has 1 aromatic carbocycles. The lowest BCUT2D eigenvalue weighted by molar-refractivity contribution is 0.159. The van der Waals surface area contributed by atoms with E-state index >= 15 is 0 Å². The van der Waals surface area contributed by atoms with E-state index in [1.54, 1.807) is 13.0 Å². The Hall–Kier alpha value is -1.82. The maximum Gasteiger partial charge on any atom is 0.319 e. The molecule has 3 N–H and O–H groups in total. The van der Waals surface area contributed by atoms with Crippen molar-refractivity contribution in [3.63, 3.8) is 0 Å². The molecule has 21 heavy (non-hydrogen) atoms. The van der Waals surface area contributed by atoms with Gasteiger partial charge in [-0.2, -0.15) is 0 Å². The van der Waals surface area contributed by atoms with E-state index in [0.717, 1.165) is 12.8 Å². The molecule has 2 amide bonds. The van der Waals surface area contributed by atoms with Crippen LogP contribution in [0.4, 0.5) is 14.9 Å². The van der Waals surface area contributed by atoms with Gasteiger partial charge >= 0.3 is 6.03 Å². The van der Waals surface area contributed by atoms with Crippen LogP contribution in [-0.4, -0.2) is 29.9 Å². The Morgan fingerprint density at radius 3 is 2.76 bits per heavy atom. The first kappa shape index (κ1) is 15.6. The molecule has 0 radical (unpaired) electrons. The lowest BCUT2D eigenvalue weighted by Gasteiger charge is -2.28. The summed E-state index contributed by atoms with van der Waals surface area (Å²) in [5, 5.41) is 14.8. The number of ether oxygens (including phenoxy) is 1. The van der Waals surface area contributed by atoms with Gasteiger partial charge in [0.05, 0.1) is 18.8 Å². The average molecular weight is 296 g/mol. The summed E-state index contributed by atoms with van der Waals surface area (Å²) < 4.78 is 18.8. The Morgan fingerprint density at radius 2 is 2.24 bits per heavy atom. The minimum Gasteiger partial charge on any atom is -0.491 e. The van der Waals surface area contributed by atoms with Crippen LogP contribution in [0.3, 0.4) is 0 Å². The number of nitrogens with one attached hydrogen (secondary N) is 2. The first-order valence-electron chi connectivity index (χ1n) is 7.11. The quantitative estimate of drug-likeness (QED) is 0.755. The molecule has 1 unspecified atom stereocenters. The molecule has 1 atom stereocenters. The highest BCUT2D eigenvalue weighted by Gasteiger charge is 2.42. The van der Waals surface area contributed by atoms with Crippen LogP contribution >= 0.6 is 0 Å². The number of anilines is 1. The lowest BCUT2D eigenvalue weighted by Crippen LogP contribution is -2.52. The van der Waals surface area contributed by atoms with E-state index in [-0.39, 0.29) is 12.4 Å². The van der Waals surface area contributed by atoms with Gasteiger partial charge in [0, 0.05) is 11.8 Å². The predicted octanol–water partition coefficient (Wildman–Crippen LogP) is 2.51. The molecular formula is C15H21FN2O3. The van der Waals surface area contributed by atoms with E-state index in [0.29, 0.717) is 18.2 Å². The molecule has 1 aliphatic carbocycles. The zero-order valence-corrected chi connectivity index (χ0v) is 12.3. The van der Waals surface area contributed by atoms with Crippen molar-refractivity contribution in [2.24, 2.45) is 5.92 Å². The van der Waals surface area contributed by atoms with Gasteiger partial charge in [-0.05, 0) is 44.7 Å². The number of carbonyl (C=O) groups is 1. The van der Waals surface area contributed by atoms with Gasteiger partial charge in [0.15, 0.2) is 11.6 Å². The Kier molecular flexibility index (Phi) is 4.67. The second-order valence-electron chi connectivity index (χ2n) is 5.51. The number of hydrogen-bond acceptors (Lipinski definition) is 3. The third kappa shape index (κ3) is 3.85. The summed E-state index contributed by atoms with van der Waals surface area (Å²) in [7, 11) is 0. The van der Waals surface area contributed by atoms with Gasteiger partial charge in [-0.1, -0.05) is 0 Å². The monoisotopic (exact) mass is 296 g/mol. The summed E-state index contributed by atoms with van der Waals surface area (Å²) >= 11 is 0. The minimum absolute atomic E-state index is 0.122. The molecule has 1 aromatic rings. The van der Waals surface area contributed by atoms with E-state index in [1.807, 2.05) is 6.92 Å². The van der Waals surface area contributed by atoms with Gasteiger partial charge in [-0.3, -0.25) is 0 Å². The van der Waals surface area contributed by atoms with Gasteiger partial charge in [-0.15, -0.1) is 0 Å². The fraction of sp³-hybridized carbons (Fsp3) is 0.533. The molecule has 0 spiro atoms. The second kappa shape index (κ2) is 6.30. The van der Waals surface area contributed by atoms with Gasteiger partial charge in [0.1, 0.15) is 0 Å². The van der Waals surface area contributed by atoms with Crippen molar-refractivity contribution in [1.82, 2.24) is 5.32 Å². The molecule has 116 valence electrons. The zero-order valence-electron chi connectivity index (χ0n) is 12.3. The van der Waals surface area contributed by atoms with Crippen molar-refractivity contribution in [2.45, 2.75) is 32.2 Å². The summed E-state index contributed by atoms with van der Waals surface area (Å²) in [4.78, 5) is 12.0. The van der Waals surface area contributed by atoms with Crippen molar-refractivity contribution in [3.05, 3.63) is 24.0 Å². The number of halogens is 1. The zero-order chi connectivity index (χ0) is 15.5. The molecular weight excluding hydrogens is 275 g/mol. The third-order valence-corrected chi connectivity index (χ3v) is 3.70. The van der Waals surface area contributed by atoms with Gasteiger partial charge in [0.2, 0.25) is 0 Å². The predicted molar refractivity (Wildman–Crippen MR) is 77.9 cm³/mol. The minimum atomic E-state index is -0.631. The maximum atomic E-state index is 13.7. The molecule has 1 fully saturated rings. The van der Waals surface area contributed by atoms with Crippen LogP contribution in [0.25, 0.3) is 0 Å². The number of urea groups is 1. The number of carbonyl (C=O) groups excluding carboxylic acids is 1. The molecule has 0 saturated heterocycles. The summed E-state index contributed by atoms with van der Waals surface area (Å²) in [6.45, 7) is 3.83. The number of aliphatic hydroxyl groups excluding tert-OH is 1. The highest BCUT2D eigenvalue weighted by atomic mass is 19.1. The number of benzene rings is 1. The molecule has 6 heteroatoms. The first-order chi connectivity index (χ1) is 9.98. The number of rotatable bonds is 6. The van der Waals surface area contributed by atoms with Crippen LogP contribution < -0.4 is 15.4 Å². The first-order valence-corrected chi connectivity index (χ1v) is 7.11. The van der Waals surface area contributed by atoms with Crippen LogP contribution in [0.5, 0.6) is 5.75 Å². The number of amides is 2. The summed E-state index contributed by atoms with van der Waals surface area (Å²) in [6.07, 6.45) is 1.99. The van der Waals surface area contributed by atoms with Crippen LogP contribution in [0.1, 0.15) is 26.7 Å². The molecule has 2 rings (SSSR count). The van der Waals surface area contributed by atoms with Crippen LogP contribution in [0, 0.1) is 11.7 Å². The molecule has 0 aromatic heterocycles. The Labute approximate surface area is 123 Å². The summed E-state index contributed by atoms with van der Waals surface area (Å²) in [6, 6.07) is 3.79. The van der Waals surface area contributed by atoms with Crippen LogP contribution in [0.2, 0.25) is 0 Å². The van der Waals surface area contributed by atoms with Crippen molar-refractivity contribution in [2.75, 3.05) is 18.5 Å². The highest BCUT2D eigenvalue weighted by Crippen LogP contribution is 2.39. The summed E-state index contributed by atoms with van der Waals surface area (Å²) in [5.41, 5.74) is -0.294. The third-order valence-electron chi connectivity index (χ3n) is 3.70. The standard InChI is InChI=1S/C15H21FN2O3/c1-3-21-13-7-6-11(8-12(13)16)17-14(20)18-15(2,9-19)10-4-5-10/h6-8,10,19H,3-5,9H2,1-2H3,(H2,17,18,20). The van der Waals surface area contributed by atoms with Crippen LogP contribution in [-0.2, 0) is 0 Å². The van der Waals surface area contributed by atoms with E-state index < -0.39 is 17.4 Å². The molecule has 1 aliphatic rings. The topological polar surface area (TPSA) is 70.6 Å². The van der Waals surface area contributed by atoms with Crippen molar-refractivity contribution >= 4 is 11.7 Å². The van der Waals surface area contributed by atoms with E-state index in [2.05, 4.69) is 10.6 Å². The van der Waals surface area contributed by atoms with Crippen molar-refractivity contribution in [1.29, 1.82) is 0 Å². The molecule has 5 nitrogen and oxygen atoms in total. The van der Waals surface area contributed by atoms with Gasteiger partial charge in [-0.25, -0.2) is 9.18 Å². The molecule has 0 bridgehead atoms. The lowest BCUT2D eigenvalue weighted by atomic mass is 9.97. The Morgan fingerprint density at radius 1 is 1.52 bits per heavy atom. The molecule has 0 heterocycles. The van der Waals surface area contributed by atoms with Crippen molar-refractivity contribution in [3.8, 4) is 5.75 Å². The van der Waals surface area contributed by atoms with Gasteiger partial charge < -0.3 is 20.5 Å². The molecule has 1 saturated carbocycles. The Bertz CT molecular complexity index is 520. The highest BCUT2D eigenvalue weighted by molar-refractivity contribution is 5.89. The normalized spacial score (nSPS) is 17.0. The van der Waals surface area contributed by atoms with E-state index in [4.69, 9.17) is 4.74 Å². The van der Waals surface area contributed by atoms with Gasteiger partial charge in [0.25, 0.3) is 0 Å². The SMILES string of the molecule is CCOc1ccc(NC(=O)NC(C)(CO)C2CC2)cc1F. The largest absolute Gasteiger partial charge is 0.491 e. The summed E-state index contributed by atoms with van der Waals surface area (Å²) in [5.74, 6) is -0.0753. The fourth-order valence-electron chi connectivity index (χ4n) is 2.26. The van der Waals surface area contributed by atoms with Crippen LogP contribution in [0.15, 0.2) is 18.2 Å². The Balaban J connectivity index is 1.97. The number of hydrogen-bond donors (Lipinski definition) is 3. The molecule has 0 aliphatic heterocycles. The van der Waals surface area contributed by atoms with E-state index in [9.17, 15) is 14.3 Å².